The lowest BCUT2D eigenvalue weighted by atomic mass is 10.1. The number of carbonyl (C=O) groups excluding carboxylic acids is 1. The molecule has 0 unspecified atom stereocenters. The molecule has 0 radical (unpaired) electrons. The first-order chi connectivity index (χ1) is 12.6. The molecule has 0 aliphatic heterocycles. The summed E-state index contributed by atoms with van der Waals surface area (Å²) in [6.45, 7) is 0. The number of benzene rings is 2. The molecule has 6 heteroatoms. The highest BCUT2D eigenvalue weighted by molar-refractivity contribution is 6.33. The average Bonchev–Trinajstić information content (AvgIpc) is 2.68. The number of nitrogens with one attached hydrogen (secondary N) is 1. The van der Waals surface area contributed by atoms with Gasteiger partial charge < -0.3 is 14.8 Å². The minimum absolute atomic E-state index is 0.264. The van der Waals surface area contributed by atoms with E-state index in [0.717, 1.165) is 0 Å². The number of aromatic nitrogens is 1. The summed E-state index contributed by atoms with van der Waals surface area (Å²) in [7, 11) is 3.15. The van der Waals surface area contributed by atoms with Crippen LogP contribution in [-0.2, 0) is 0 Å². The Balaban J connectivity index is 1.86. The van der Waals surface area contributed by atoms with Crippen LogP contribution in [0.2, 0.25) is 5.02 Å². The molecule has 5 nitrogen and oxygen atoms in total. The van der Waals surface area contributed by atoms with Gasteiger partial charge in [-0.15, -0.1) is 0 Å². The minimum atomic E-state index is -0.264. The molecule has 0 fully saturated rings. The highest BCUT2D eigenvalue weighted by Crippen LogP contribution is 2.33. The molecule has 1 N–H and O–H groups in total. The maximum Gasteiger partial charge on any atom is 0.255 e. The topological polar surface area (TPSA) is 60.5 Å². The van der Waals surface area contributed by atoms with Crippen molar-refractivity contribution in [2.24, 2.45) is 0 Å². The zero-order valence-corrected chi connectivity index (χ0v) is 15.1. The molecular weight excluding hydrogens is 352 g/mol. The maximum absolute atomic E-state index is 12.5. The van der Waals surface area contributed by atoms with E-state index < -0.39 is 0 Å². The van der Waals surface area contributed by atoms with Crippen LogP contribution in [-0.4, -0.2) is 25.1 Å². The summed E-state index contributed by atoms with van der Waals surface area (Å²) in [5.74, 6) is 1.01. The van der Waals surface area contributed by atoms with Gasteiger partial charge in [0.25, 0.3) is 5.91 Å². The Labute approximate surface area is 156 Å². The average molecular weight is 369 g/mol. The van der Waals surface area contributed by atoms with Crippen LogP contribution in [0.15, 0.2) is 60.8 Å². The second-order valence-electron chi connectivity index (χ2n) is 5.43. The molecule has 0 atom stereocenters. The Bertz CT molecular complexity index is 944. The molecule has 2 aromatic carbocycles. The number of nitrogens with zero attached hydrogens (tertiary/aromatic N) is 1. The molecule has 0 aliphatic rings. The Morgan fingerprint density at radius 1 is 1.04 bits per heavy atom. The number of ether oxygens (including phenoxy) is 2. The smallest absolute Gasteiger partial charge is 0.255 e. The van der Waals surface area contributed by atoms with E-state index in [1.807, 2.05) is 12.1 Å². The van der Waals surface area contributed by atoms with Gasteiger partial charge in [-0.3, -0.25) is 9.78 Å². The fourth-order valence-electron chi connectivity index (χ4n) is 2.51. The lowest BCUT2D eigenvalue weighted by molar-refractivity contribution is 0.102. The number of amides is 1. The van der Waals surface area contributed by atoms with Crippen LogP contribution in [0.5, 0.6) is 11.5 Å². The summed E-state index contributed by atoms with van der Waals surface area (Å²) >= 11 is 6.39. The number of hydrogen-bond acceptors (Lipinski definition) is 4. The molecule has 3 aromatic rings. The zero-order valence-electron chi connectivity index (χ0n) is 14.3. The van der Waals surface area contributed by atoms with Crippen molar-refractivity contribution >= 4 is 23.2 Å². The van der Waals surface area contributed by atoms with E-state index in [1.54, 1.807) is 62.9 Å². The summed E-state index contributed by atoms with van der Waals surface area (Å²) in [6, 6.07) is 15.8. The highest BCUT2D eigenvalue weighted by atomic mass is 35.5. The molecule has 0 aliphatic carbocycles. The fraction of sp³-hybridized carbons (Fsp3) is 0.100. The van der Waals surface area contributed by atoms with Crippen LogP contribution in [0.25, 0.3) is 11.3 Å². The predicted octanol–water partition coefficient (Wildman–Crippen LogP) is 4.67. The summed E-state index contributed by atoms with van der Waals surface area (Å²) in [5.41, 5.74) is 2.40. The predicted molar refractivity (Wildman–Crippen MR) is 102 cm³/mol. The van der Waals surface area contributed by atoms with Crippen molar-refractivity contribution in [2.75, 3.05) is 19.5 Å². The number of methoxy groups -OCH3 is 2. The number of hydrogen-bond donors (Lipinski definition) is 1. The maximum atomic E-state index is 12.5. The van der Waals surface area contributed by atoms with Gasteiger partial charge in [0.15, 0.2) is 0 Å². The first-order valence-electron chi connectivity index (χ1n) is 7.86. The standard InChI is InChI=1S/C20H17ClN2O3/c1-25-15-6-3-5-14(12-15)23-20(24)13-8-9-16(17(21)11-13)19-18(26-2)7-4-10-22-19/h3-12H,1-2H3,(H,23,24). The van der Waals surface area contributed by atoms with Crippen molar-refractivity contribution in [2.45, 2.75) is 0 Å². The Morgan fingerprint density at radius 2 is 1.88 bits per heavy atom. The molecule has 26 heavy (non-hydrogen) atoms. The second kappa shape index (κ2) is 7.89. The second-order valence-corrected chi connectivity index (χ2v) is 5.84. The van der Waals surface area contributed by atoms with E-state index >= 15 is 0 Å². The van der Waals surface area contributed by atoms with Crippen LogP contribution in [0, 0.1) is 0 Å². The van der Waals surface area contributed by atoms with Crippen molar-refractivity contribution in [3.8, 4) is 22.8 Å². The van der Waals surface area contributed by atoms with Gasteiger partial charge in [-0.2, -0.15) is 0 Å². The summed E-state index contributed by atoms with van der Waals surface area (Å²) in [6.07, 6.45) is 1.66. The lowest BCUT2D eigenvalue weighted by Crippen LogP contribution is -2.12. The molecule has 0 bridgehead atoms. The van der Waals surface area contributed by atoms with Crippen LogP contribution in [0.3, 0.4) is 0 Å². The molecule has 1 heterocycles. The van der Waals surface area contributed by atoms with Crippen molar-refractivity contribution < 1.29 is 14.3 Å². The number of pyridine rings is 1. The molecule has 1 aromatic heterocycles. The molecule has 0 saturated carbocycles. The number of anilines is 1. The fourth-order valence-corrected chi connectivity index (χ4v) is 2.78. The van der Waals surface area contributed by atoms with Crippen molar-refractivity contribution in [3.05, 3.63) is 71.4 Å². The van der Waals surface area contributed by atoms with E-state index in [9.17, 15) is 4.79 Å². The van der Waals surface area contributed by atoms with E-state index in [0.29, 0.717) is 39.0 Å². The Hall–Kier alpha value is -3.05. The SMILES string of the molecule is COc1cccc(NC(=O)c2ccc(-c3ncccc3OC)c(Cl)c2)c1. The number of rotatable bonds is 5. The van der Waals surface area contributed by atoms with Crippen molar-refractivity contribution in [1.82, 2.24) is 4.98 Å². The molecule has 0 saturated heterocycles. The van der Waals surface area contributed by atoms with E-state index in [-0.39, 0.29) is 5.91 Å². The van der Waals surface area contributed by atoms with Gasteiger partial charge in [-0.25, -0.2) is 0 Å². The summed E-state index contributed by atoms with van der Waals surface area (Å²) in [4.78, 5) is 16.8. The van der Waals surface area contributed by atoms with E-state index in [1.165, 1.54) is 0 Å². The van der Waals surface area contributed by atoms with Gasteiger partial charge in [0.1, 0.15) is 17.2 Å². The minimum Gasteiger partial charge on any atom is -0.497 e. The van der Waals surface area contributed by atoms with E-state index in [2.05, 4.69) is 10.3 Å². The first kappa shape index (κ1) is 17.8. The van der Waals surface area contributed by atoms with Crippen LogP contribution < -0.4 is 14.8 Å². The molecule has 0 spiro atoms. The summed E-state index contributed by atoms with van der Waals surface area (Å²) in [5, 5.41) is 3.24. The Morgan fingerprint density at radius 3 is 2.62 bits per heavy atom. The third-order valence-electron chi connectivity index (χ3n) is 3.80. The van der Waals surface area contributed by atoms with Crippen LogP contribution >= 0.6 is 11.6 Å². The largest absolute Gasteiger partial charge is 0.497 e. The third-order valence-corrected chi connectivity index (χ3v) is 4.12. The molecule has 132 valence electrons. The van der Waals surface area contributed by atoms with Gasteiger partial charge in [0.2, 0.25) is 0 Å². The molecular formula is C20H17ClN2O3. The van der Waals surface area contributed by atoms with Crippen LogP contribution in [0.4, 0.5) is 5.69 Å². The normalized spacial score (nSPS) is 10.3. The molecule has 1 amide bonds. The zero-order chi connectivity index (χ0) is 18.5. The van der Waals surface area contributed by atoms with Gasteiger partial charge in [-0.1, -0.05) is 23.7 Å². The van der Waals surface area contributed by atoms with Gasteiger partial charge in [-0.05, 0) is 36.4 Å². The highest BCUT2D eigenvalue weighted by Gasteiger charge is 2.14. The Kier molecular flexibility index (Phi) is 5.39. The van der Waals surface area contributed by atoms with Crippen molar-refractivity contribution in [3.63, 3.8) is 0 Å². The number of halogens is 1. The van der Waals surface area contributed by atoms with Gasteiger partial charge >= 0.3 is 0 Å². The summed E-state index contributed by atoms with van der Waals surface area (Å²) < 4.78 is 10.5. The van der Waals surface area contributed by atoms with Crippen LogP contribution in [0.1, 0.15) is 10.4 Å². The number of carbonyl (C=O) groups is 1. The molecule has 3 rings (SSSR count). The van der Waals surface area contributed by atoms with Gasteiger partial charge in [0, 0.05) is 29.1 Å². The van der Waals surface area contributed by atoms with Crippen molar-refractivity contribution in [1.29, 1.82) is 0 Å². The lowest BCUT2D eigenvalue weighted by Gasteiger charge is -2.11. The quantitative estimate of drug-likeness (QED) is 0.710. The third kappa shape index (κ3) is 3.78. The van der Waals surface area contributed by atoms with Gasteiger partial charge in [0.05, 0.1) is 19.2 Å². The first-order valence-corrected chi connectivity index (χ1v) is 8.24. The monoisotopic (exact) mass is 368 g/mol. The van der Waals surface area contributed by atoms with E-state index in [4.69, 9.17) is 21.1 Å².